The van der Waals surface area contributed by atoms with E-state index in [1.807, 2.05) is 31.2 Å². The number of hydrogen-bond acceptors (Lipinski definition) is 4. The number of nitrogen functional groups attached to an aromatic ring is 1. The number of nitrogens with zero attached hydrogens (tertiary/aromatic N) is 2. The normalized spacial score (nSPS) is 10.3. The number of nitrogens with one attached hydrogen (secondary N) is 1. The molecule has 5 heteroatoms. The average molecular weight is 263 g/mol. The quantitative estimate of drug-likeness (QED) is 0.889. The van der Waals surface area contributed by atoms with Crippen molar-refractivity contribution in [2.24, 2.45) is 0 Å². The van der Waals surface area contributed by atoms with E-state index in [9.17, 15) is 0 Å². The second kappa shape index (κ2) is 5.69. The van der Waals surface area contributed by atoms with Gasteiger partial charge < -0.3 is 11.1 Å². The zero-order valence-corrected chi connectivity index (χ0v) is 10.9. The molecule has 0 bridgehead atoms. The third kappa shape index (κ3) is 2.90. The molecule has 0 radical (unpaired) electrons. The van der Waals surface area contributed by atoms with Gasteiger partial charge in [-0.05, 0) is 24.1 Å². The Morgan fingerprint density at radius 3 is 2.61 bits per heavy atom. The highest BCUT2D eigenvalue weighted by Crippen LogP contribution is 2.18. The molecule has 3 N–H and O–H groups in total. The summed E-state index contributed by atoms with van der Waals surface area (Å²) in [6, 6.07) is 7.69. The Balaban J connectivity index is 2.10. The number of anilines is 2. The number of aromatic nitrogens is 2. The molecule has 4 nitrogen and oxygen atoms in total. The minimum absolute atomic E-state index is 0.533. The van der Waals surface area contributed by atoms with Crippen LogP contribution in [-0.2, 0) is 13.0 Å². The molecule has 0 saturated heterocycles. The highest BCUT2D eigenvalue weighted by atomic mass is 35.5. The van der Waals surface area contributed by atoms with Crippen LogP contribution < -0.4 is 11.1 Å². The van der Waals surface area contributed by atoms with Crippen molar-refractivity contribution in [1.29, 1.82) is 0 Å². The van der Waals surface area contributed by atoms with Crippen molar-refractivity contribution < 1.29 is 0 Å². The Morgan fingerprint density at radius 1 is 1.22 bits per heavy atom. The van der Waals surface area contributed by atoms with Crippen LogP contribution in [0, 0.1) is 0 Å². The van der Waals surface area contributed by atoms with E-state index in [0.29, 0.717) is 12.4 Å². The first-order valence-corrected chi connectivity index (χ1v) is 6.16. The summed E-state index contributed by atoms with van der Waals surface area (Å²) >= 11 is 5.84. The highest BCUT2D eigenvalue weighted by molar-refractivity contribution is 6.30. The van der Waals surface area contributed by atoms with Crippen molar-refractivity contribution in [3.8, 4) is 0 Å². The number of benzene rings is 1. The maximum atomic E-state index is 5.84. The monoisotopic (exact) mass is 262 g/mol. The van der Waals surface area contributed by atoms with E-state index in [4.69, 9.17) is 17.3 Å². The summed E-state index contributed by atoms with van der Waals surface area (Å²) in [6.07, 6.45) is 2.27. The first-order valence-electron chi connectivity index (χ1n) is 5.78. The number of hydrogen-bond donors (Lipinski definition) is 2. The molecule has 0 spiro atoms. The second-order valence-corrected chi connectivity index (χ2v) is 4.36. The summed E-state index contributed by atoms with van der Waals surface area (Å²) in [7, 11) is 0. The van der Waals surface area contributed by atoms with Crippen LogP contribution in [0.25, 0.3) is 0 Å². The SMILES string of the molecule is CCc1c(N)ncnc1NCc1ccc(Cl)cc1. The second-order valence-electron chi connectivity index (χ2n) is 3.92. The maximum Gasteiger partial charge on any atom is 0.134 e. The van der Waals surface area contributed by atoms with Crippen LogP contribution in [-0.4, -0.2) is 9.97 Å². The molecular weight excluding hydrogens is 248 g/mol. The molecule has 0 saturated carbocycles. The fourth-order valence-electron chi connectivity index (χ4n) is 1.71. The first-order chi connectivity index (χ1) is 8.70. The van der Waals surface area contributed by atoms with Crippen LogP contribution in [0.4, 0.5) is 11.6 Å². The van der Waals surface area contributed by atoms with Crippen LogP contribution in [0.15, 0.2) is 30.6 Å². The predicted molar refractivity (Wildman–Crippen MR) is 74.6 cm³/mol. The Morgan fingerprint density at radius 2 is 1.94 bits per heavy atom. The summed E-state index contributed by atoms with van der Waals surface area (Å²) < 4.78 is 0. The van der Waals surface area contributed by atoms with Gasteiger partial charge in [0.15, 0.2) is 0 Å². The highest BCUT2D eigenvalue weighted by Gasteiger charge is 2.06. The van der Waals surface area contributed by atoms with Crippen molar-refractivity contribution in [2.45, 2.75) is 19.9 Å². The zero-order valence-electron chi connectivity index (χ0n) is 10.2. The minimum Gasteiger partial charge on any atom is -0.383 e. The number of rotatable bonds is 4. The largest absolute Gasteiger partial charge is 0.383 e. The Labute approximate surface area is 111 Å². The van der Waals surface area contributed by atoms with Gasteiger partial charge in [0, 0.05) is 17.1 Å². The maximum absolute atomic E-state index is 5.84. The van der Waals surface area contributed by atoms with Crippen molar-refractivity contribution in [3.05, 3.63) is 46.7 Å². The lowest BCUT2D eigenvalue weighted by Gasteiger charge is -2.11. The van der Waals surface area contributed by atoms with Crippen LogP contribution in [0.1, 0.15) is 18.1 Å². The van der Waals surface area contributed by atoms with Gasteiger partial charge in [0.05, 0.1) is 0 Å². The van der Waals surface area contributed by atoms with E-state index >= 15 is 0 Å². The molecule has 0 atom stereocenters. The van der Waals surface area contributed by atoms with Gasteiger partial charge >= 0.3 is 0 Å². The third-order valence-electron chi connectivity index (χ3n) is 2.71. The Hall–Kier alpha value is -1.81. The van der Waals surface area contributed by atoms with Crippen LogP contribution >= 0.6 is 11.6 Å². The van der Waals surface area contributed by atoms with E-state index in [1.165, 1.54) is 6.33 Å². The lowest BCUT2D eigenvalue weighted by atomic mass is 10.2. The molecule has 0 aliphatic carbocycles. The van der Waals surface area contributed by atoms with Crippen LogP contribution in [0.2, 0.25) is 5.02 Å². The molecule has 0 amide bonds. The van der Waals surface area contributed by atoms with E-state index in [-0.39, 0.29) is 0 Å². The lowest BCUT2D eigenvalue weighted by Crippen LogP contribution is -2.07. The summed E-state index contributed by atoms with van der Waals surface area (Å²) in [5.41, 5.74) is 7.90. The van der Waals surface area contributed by atoms with E-state index in [0.717, 1.165) is 28.4 Å². The number of nitrogens with two attached hydrogens (primary N) is 1. The minimum atomic E-state index is 0.533. The van der Waals surface area contributed by atoms with Crippen molar-refractivity contribution in [3.63, 3.8) is 0 Å². The summed E-state index contributed by atoms with van der Waals surface area (Å²) in [6.45, 7) is 2.71. The predicted octanol–water partition coefficient (Wildman–Crippen LogP) is 2.89. The van der Waals surface area contributed by atoms with Gasteiger partial charge in [-0.25, -0.2) is 9.97 Å². The Kier molecular flexibility index (Phi) is 3.99. The van der Waals surface area contributed by atoms with Gasteiger partial charge in [0.25, 0.3) is 0 Å². The van der Waals surface area contributed by atoms with Gasteiger partial charge in [-0.1, -0.05) is 30.7 Å². The van der Waals surface area contributed by atoms with E-state index < -0.39 is 0 Å². The van der Waals surface area contributed by atoms with Gasteiger partial charge in [0.2, 0.25) is 0 Å². The topological polar surface area (TPSA) is 63.8 Å². The molecular formula is C13H15ClN4. The molecule has 0 aliphatic heterocycles. The van der Waals surface area contributed by atoms with Crippen molar-refractivity contribution in [1.82, 2.24) is 9.97 Å². The summed E-state index contributed by atoms with van der Waals surface area (Å²) in [5, 5.41) is 4.00. The standard InChI is InChI=1S/C13H15ClN4/c1-2-11-12(15)17-8-18-13(11)16-7-9-3-5-10(14)6-4-9/h3-6,8H,2,7H2,1H3,(H3,15,16,17,18). The van der Waals surface area contributed by atoms with Gasteiger partial charge in [-0.15, -0.1) is 0 Å². The number of halogens is 1. The Bertz CT molecular complexity index is 525. The molecule has 18 heavy (non-hydrogen) atoms. The molecule has 0 fully saturated rings. The molecule has 0 aliphatic rings. The summed E-state index contributed by atoms with van der Waals surface area (Å²) in [4.78, 5) is 8.20. The van der Waals surface area contributed by atoms with Crippen molar-refractivity contribution in [2.75, 3.05) is 11.1 Å². The average Bonchev–Trinajstić information content (AvgIpc) is 2.38. The van der Waals surface area contributed by atoms with E-state index in [1.54, 1.807) is 0 Å². The third-order valence-corrected chi connectivity index (χ3v) is 2.96. The molecule has 2 aromatic rings. The van der Waals surface area contributed by atoms with Gasteiger partial charge in [-0.2, -0.15) is 0 Å². The fraction of sp³-hybridized carbons (Fsp3) is 0.231. The zero-order chi connectivity index (χ0) is 13.0. The van der Waals surface area contributed by atoms with E-state index in [2.05, 4.69) is 15.3 Å². The summed E-state index contributed by atoms with van der Waals surface area (Å²) in [5.74, 6) is 1.33. The molecule has 1 aromatic carbocycles. The first kappa shape index (κ1) is 12.6. The van der Waals surface area contributed by atoms with Crippen molar-refractivity contribution >= 4 is 23.2 Å². The lowest BCUT2D eigenvalue weighted by molar-refractivity contribution is 1.02. The molecule has 2 rings (SSSR count). The molecule has 94 valence electrons. The molecule has 1 aromatic heterocycles. The molecule has 1 heterocycles. The smallest absolute Gasteiger partial charge is 0.134 e. The fourth-order valence-corrected chi connectivity index (χ4v) is 1.84. The molecule has 0 unspecified atom stereocenters. The van der Waals surface area contributed by atoms with Crippen LogP contribution in [0.5, 0.6) is 0 Å². The van der Waals surface area contributed by atoms with Crippen LogP contribution in [0.3, 0.4) is 0 Å². The van der Waals surface area contributed by atoms with Gasteiger partial charge in [-0.3, -0.25) is 0 Å². The van der Waals surface area contributed by atoms with Gasteiger partial charge in [0.1, 0.15) is 18.0 Å².